The highest BCUT2D eigenvalue weighted by Gasteiger charge is 2.30. The highest BCUT2D eigenvalue weighted by molar-refractivity contribution is 5.95. The van der Waals surface area contributed by atoms with Crippen LogP contribution in [0.3, 0.4) is 0 Å². The first-order valence-electron chi connectivity index (χ1n) is 9.10. The zero-order valence-electron chi connectivity index (χ0n) is 15.7. The van der Waals surface area contributed by atoms with E-state index in [4.69, 9.17) is 4.74 Å². The number of anilines is 1. The van der Waals surface area contributed by atoms with Crippen LogP contribution in [-0.4, -0.2) is 26.9 Å². The Hall–Kier alpha value is -3.15. The van der Waals surface area contributed by atoms with Gasteiger partial charge in [0.2, 0.25) is 5.91 Å². The molecule has 0 radical (unpaired) electrons. The number of para-hydroxylation sites is 1. The van der Waals surface area contributed by atoms with Gasteiger partial charge in [-0.25, -0.2) is 0 Å². The Kier molecular flexibility index (Phi) is 4.39. The van der Waals surface area contributed by atoms with Gasteiger partial charge in [-0.15, -0.1) is 5.10 Å². The van der Waals surface area contributed by atoms with Crippen LogP contribution in [0.2, 0.25) is 0 Å². The first-order chi connectivity index (χ1) is 13.0. The third-order valence-electron chi connectivity index (χ3n) is 4.93. The molecule has 0 saturated heterocycles. The molecular weight excluding hydrogens is 340 g/mol. The number of hydrogen-bond donors (Lipinski definition) is 0. The molecule has 0 bridgehead atoms. The van der Waals surface area contributed by atoms with E-state index in [1.165, 1.54) is 0 Å². The van der Waals surface area contributed by atoms with Crippen molar-refractivity contribution in [2.24, 2.45) is 7.05 Å². The van der Waals surface area contributed by atoms with Crippen LogP contribution in [0.5, 0.6) is 11.5 Å². The molecule has 0 aliphatic carbocycles. The predicted octanol–water partition coefficient (Wildman–Crippen LogP) is 3.96. The van der Waals surface area contributed by atoms with Crippen LogP contribution in [0.4, 0.5) is 5.69 Å². The summed E-state index contributed by atoms with van der Waals surface area (Å²) in [5, 5.41) is 8.31. The monoisotopic (exact) mass is 362 g/mol. The average molecular weight is 362 g/mol. The fraction of sp³-hybridized carbons (Fsp3) is 0.286. The molecule has 1 aromatic heterocycles. The summed E-state index contributed by atoms with van der Waals surface area (Å²) in [5.41, 5.74) is 3.58. The third-order valence-corrected chi connectivity index (χ3v) is 4.93. The summed E-state index contributed by atoms with van der Waals surface area (Å²) in [6.45, 7) is 3.69. The van der Waals surface area contributed by atoms with Gasteiger partial charge in [0, 0.05) is 31.1 Å². The van der Waals surface area contributed by atoms with E-state index in [0.717, 1.165) is 46.8 Å². The van der Waals surface area contributed by atoms with Crippen LogP contribution in [0, 0.1) is 0 Å². The lowest BCUT2D eigenvalue weighted by molar-refractivity contribution is -0.117. The van der Waals surface area contributed by atoms with Crippen LogP contribution in [0.15, 0.2) is 48.7 Å². The van der Waals surface area contributed by atoms with Gasteiger partial charge in [-0.05, 0) is 44.0 Å². The van der Waals surface area contributed by atoms with Gasteiger partial charge < -0.3 is 9.64 Å². The van der Waals surface area contributed by atoms with Gasteiger partial charge in [-0.3, -0.25) is 9.48 Å². The summed E-state index contributed by atoms with van der Waals surface area (Å²) in [4.78, 5) is 14.1. The standard InChI is InChI=1S/C21H22N4O2/c1-14-9-10-18-20(25(14)15(2)26)12-11-17(19-13-24(3)23-22-19)21(18)27-16-7-5-4-6-8-16/h4-8,11-14H,9-10H2,1-3H3. The van der Waals surface area contributed by atoms with Crippen molar-refractivity contribution < 1.29 is 9.53 Å². The van der Waals surface area contributed by atoms with E-state index >= 15 is 0 Å². The molecule has 138 valence electrons. The van der Waals surface area contributed by atoms with Gasteiger partial charge in [0.05, 0.1) is 11.9 Å². The molecule has 1 aliphatic rings. The maximum atomic E-state index is 12.3. The molecule has 1 atom stereocenters. The van der Waals surface area contributed by atoms with Crippen molar-refractivity contribution in [3.05, 3.63) is 54.2 Å². The molecule has 4 rings (SSSR count). The highest BCUT2D eigenvalue weighted by Crippen LogP contribution is 2.44. The second kappa shape index (κ2) is 6.87. The Morgan fingerprint density at radius 1 is 1.19 bits per heavy atom. The van der Waals surface area contributed by atoms with Crippen molar-refractivity contribution >= 4 is 11.6 Å². The van der Waals surface area contributed by atoms with E-state index < -0.39 is 0 Å². The fourth-order valence-corrected chi connectivity index (χ4v) is 3.68. The quantitative estimate of drug-likeness (QED) is 0.707. The van der Waals surface area contributed by atoms with Crippen molar-refractivity contribution in [2.45, 2.75) is 32.7 Å². The molecule has 0 fully saturated rings. The second-order valence-electron chi connectivity index (χ2n) is 6.91. The second-order valence-corrected chi connectivity index (χ2v) is 6.91. The number of carbonyl (C=O) groups excluding carboxylic acids is 1. The van der Waals surface area contributed by atoms with E-state index in [1.54, 1.807) is 11.6 Å². The van der Waals surface area contributed by atoms with Gasteiger partial charge in [0.25, 0.3) is 0 Å². The number of benzene rings is 2. The average Bonchev–Trinajstić information content (AvgIpc) is 3.08. The van der Waals surface area contributed by atoms with Crippen LogP contribution in [0.25, 0.3) is 11.3 Å². The lowest BCUT2D eigenvalue weighted by Gasteiger charge is -2.35. The largest absolute Gasteiger partial charge is 0.456 e. The summed E-state index contributed by atoms with van der Waals surface area (Å²) >= 11 is 0. The SMILES string of the molecule is CC(=O)N1c2ccc(-c3cn(C)nn3)c(Oc3ccccc3)c2CCC1C. The van der Waals surface area contributed by atoms with Crippen molar-refractivity contribution in [3.8, 4) is 22.8 Å². The summed E-state index contributed by atoms with van der Waals surface area (Å²) in [5.74, 6) is 1.54. The molecule has 0 saturated carbocycles. The van der Waals surface area contributed by atoms with Crippen molar-refractivity contribution in [2.75, 3.05) is 4.90 Å². The Morgan fingerprint density at radius 2 is 1.96 bits per heavy atom. The Balaban J connectivity index is 1.89. The Labute approximate surface area is 158 Å². The number of nitrogens with zero attached hydrogens (tertiary/aromatic N) is 4. The Bertz CT molecular complexity index is 981. The van der Waals surface area contributed by atoms with Gasteiger partial charge in [-0.2, -0.15) is 0 Å². The molecule has 0 spiro atoms. The first kappa shape index (κ1) is 17.3. The highest BCUT2D eigenvalue weighted by atomic mass is 16.5. The van der Waals surface area contributed by atoms with Gasteiger partial charge in [0.1, 0.15) is 17.2 Å². The fourth-order valence-electron chi connectivity index (χ4n) is 3.68. The number of ether oxygens (including phenoxy) is 1. The van der Waals surface area contributed by atoms with E-state index in [1.807, 2.05) is 60.6 Å². The van der Waals surface area contributed by atoms with Crippen LogP contribution in [0.1, 0.15) is 25.8 Å². The molecule has 0 N–H and O–H groups in total. The minimum Gasteiger partial charge on any atom is -0.456 e. The lowest BCUT2D eigenvalue weighted by atomic mass is 9.93. The predicted molar refractivity (Wildman–Crippen MR) is 104 cm³/mol. The van der Waals surface area contributed by atoms with Crippen LogP contribution >= 0.6 is 0 Å². The zero-order chi connectivity index (χ0) is 19.0. The van der Waals surface area contributed by atoms with Crippen LogP contribution < -0.4 is 9.64 Å². The van der Waals surface area contributed by atoms with Crippen molar-refractivity contribution in [1.29, 1.82) is 0 Å². The summed E-state index contributed by atoms with van der Waals surface area (Å²) in [6.07, 6.45) is 3.60. The van der Waals surface area contributed by atoms with E-state index in [2.05, 4.69) is 17.2 Å². The minimum absolute atomic E-state index is 0.0429. The molecule has 6 nitrogen and oxygen atoms in total. The molecule has 6 heteroatoms. The molecule has 1 aliphatic heterocycles. The third kappa shape index (κ3) is 3.18. The van der Waals surface area contributed by atoms with E-state index in [9.17, 15) is 4.79 Å². The number of carbonyl (C=O) groups is 1. The smallest absolute Gasteiger partial charge is 0.224 e. The number of hydrogen-bond acceptors (Lipinski definition) is 4. The molecule has 2 aromatic carbocycles. The normalized spacial score (nSPS) is 16.1. The number of aryl methyl sites for hydroxylation is 1. The molecule has 27 heavy (non-hydrogen) atoms. The van der Waals surface area contributed by atoms with Gasteiger partial charge >= 0.3 is 0 Å². The zero-order valence-corrected chi connectivity index (χ0v) is 15.7. The minimum atomic E-state index is 0.0429. The number of amides is 1. The summed E-state index contributed by atoms with van der Waals surface area (Å²) < 4.78 is 7.99. The molecular formula is C21H22N4O2. The number of aromatic nitrogens is 3. The molecule has 2 heterocycles. The lowest BCUT2D eigenvalue weighted by Crippen LogP contribution is -2.40. The Morgan fingerprint density at radius 3 is 2.63 bits per heavy atom. The number of fused-ring (bicyclic) bond motifs is 1. The number of rotatable bonds is 3. The topological polar surface area (TPSA) is 60.2 Å². The maximum absolute atomic E-state index is 12.3. The van der Waals surface area contributed by atoms with Crippen molar-refractivity contribution in [3.63, 3.8) is 0 Å². The first-order valence-corrected chi connectivity index (χ1v) is 9.10. The summed E-state index contributed by atoms with van der Waals surface area (Å²) in [6, 6.07) is 13.8. The maximum Gasteiger partial charge on any atom is 0.224 e. The van der Waals surface area contributed by atoms with Crippen molar-refractivity contribution in [1.82, 2.24) is 15.0 Å². The molecule has 3 aromatic rings. The van der Waals surface area contributed by atoms with Crippen LogP contribution in [-0.2, 0) is 18.3 Å². The van der Waals surface area contributed by atoms with E-state index in [-0.39, 0.29) is 11.9 Å². The van der Waals surface area contributed by atoms with Gasteiger partial charge in [0.15, 0.2) is 0 Å². The summed E-state index contributed by atoms with van der Waals surface area (Å²) in [7, 11) is 1.84. The molecule has 1 unspecified atom stereocenters. The van der Waals surface area contributed by atoms with Gasteiger partial charge in [-0.1, -0.05) is 23.4 Å². The van der Waals surface area contributed by atoms with E-state index in [0.29, 0.717) is 0 Å². The molecule has 1 amide bonds.